The van der Waals surface area contributed by atoms with Crippen LogP contribution < -0.4 is 0 Å². The van der Waals surface area contributed by atoms with Gasteiger partial charge in [0.05, 0.1) is 12.6 Å². The molecule has 2 saturated heterocycles. The number of nitrogens with zero attached hydrogens (tertiary/aromatic N) is 4. The van der Waals surface area contributed by atoms with E-state index in [0.717, 1.165) is 10.6 Å². The summed E-state index contributed by atoms with van der Waals surface area (Å²) in [6.45, 7) is 0.720. The minimum Gasteiger partial charge on any atom is -0.459 e. The van der Waals surface area contributed by atoms with Crippen molar-refractivity contribution in [2.75, 3.05) is 33.2 Å². The highest BCUT2D eigenvalue weighted by Crippen LogP contribution is 2.24. The van der Waals surface area contributed by atoms with Crippen LogP contribution in [0.2, 0.25) is 0 Å². The third-order valence-corrected chi connectivity index (χ3v) is 5.55. The zero-order valence-corrected chi connectivity index (χ0v) is 16.5. The first kappa shape index (κ1) is 20.4. The maximum Gasteiger partial charge on any atom is 0.331 e. The third kappa shape index (κ3) is 4.56. The fraction of sp³-hybridized carbons (Fsp3) is 0.556. The van der Waals surface area contributed by atoms with Gasteiger partial charge in [-0.2, -0.15) is 12.6 Å². The summed E-state index contributed by atoms with van der Waals surface area (Å²) in [7, 11) is 1.84. The van der Waals surface area contributed by atoms with Crippen LogP contribution in [0.15, 0.2) is 30.3 Å². The van der Waals surface area contributed by atoms with E-state index in [0.29, 0.717) is 13.0 Å². The molecule has 0 aliphatic carbocycles. The Morgan fingerprint density at radius 2 is 1.93 bits per heavy atom. The van der Waals surface area contributed by atoms with Gasteiger partial charge in [0.1, 0.15) is 13.2 Å². The van der Waals surface area contributed by atoms with Gasteiger partial charge in [0, 0.05) is 18.3 Å². The number of piperazine rings is 1. The number of rotatable bonds is 5. The van der Waals surface area contributed by atoms with Gasteiger partial charge in [0.25, 0.3) is 0 Å². The maximum absolute atomic E-state index is 13.1. The first-order valence-corrected chi connectivity index (χ1v) is 9.67. The van der Waals surface area contributed by atoms with Crippen molar-refractivity contribution < 1.29 is 19.4 Å². The number of carbonyl (C=O) groups excluding carboxylic acids is 2. The molecule has 3 atom stereocenters. The Morgan fingerprint density at radius 1 is 1.21 bits per heavy atom. The minimum absolute atomic E-state index is 0.0543. The number of thiol groups is 1. The molecule has 152 valence electrons. The topological polar surface area (TPSA) is 96.2 Å². The number of hydrazine groups is 1. The second kappa shape index (κ2) is 8.78. The van der Waals surface area contributed by atoms with Gasteiger partial charge in [-0.05, 0) is 19.0 Å². The summed E-state index contributed by atoms with van der Waals surface area (Å²) in [4.78, 5) is 40.3. The first-order chi connectivity index (χ1) is 13.4. The second-order valence-electron chi connectivity index (χ2n) is 7.14. The monoisotopic (exact) mass is 408 g/mol. The lowest BCUT2D eigenvalue weighted by atomic mass is 10.1. The normalized spacial score (nSPS) is 25.6. The summed E-state index contributed by atoms with van der Waals surface area (Å²) in [5.41, 5.74) is 0.809. The highest BCUT2D eigenvalue weighted by atomic mass is 32.1. The van der Waals surface area contributed by atoms with Gasteiger partial charge in [0.15, 0.2) is 11.1 Å². The molecule has 1 aromatic carbocycles. The highest BCUT2D eigenvalue weighted by Gasteiger charge is 2.44. The van der Waals surface area contributed by atoms with Crippen LogP contribution in [-0.2, 0) is 20.9 Å². The van der Waals surface area contributed by atoms with Crippen molar-refractivity contribution >= 4 is 24.5 Å². The SMILES string of the molecule is CN1C[C@@H](S)C[C@H]1C(=O)N1CCN([N+](=O)[O-])CC1C(=O)OCc1ccccc1. The number of nitro groups is 1. The summed E-state index contributed by atoms with van der Waals surface area (Å²) in [6, 6.07) is 7.77. The van der Waals surface area contributed by atoms with Crippen LogP contribution in [0.25, 0.3) is 0 Å². The van der Waals surface area contributed by atoms with Gasteiger partial charge in [-0.1, -0.05) is 30.3 Å². The average Bonchev–Trinajstić information content (AvgIpc) is 3.03. The fourth-order valence-electron chi connectivity index (χ4n) is 3.66. The van der Waals surface area contributed by atoms with Crippen LogP contribution in [-0.4, -0.2) is 82.3 Å². The summed E-state index contributed by atoms with van der Waals surface area (Å²) in [5, 5.41) is 11.7. The molecule has 9 nitrogen and oxygen atoms in total. The van der Waals surface area contributed by atoms with Crippen LogP contribution >= 0.6 is 12.6 Å². The number of ether oxygens (including phenoxy) is 1. The van der Waals surface area contributed by atoms with E-state index in [-0.39, 0.29) is 43.4 Å². The minimum atomic E-state index is -1.01. The Balaban J connectivity index is 1.72. The number of esters is 1. The first-order valence-electron chi connectivity index (χ1n) is 9.15. The standard InChI is InChI=1S/C18H24N4O5S/c1-19-10-14(28)9-15(19)17(23)21-8-7-20(22(25)26)11-16(21)18(24)27-12-13-5-3-2-4-6-13/h2-6,14-16,28H,7-12H2,1H3/t14-,15-,16?/m0/s1. The summed E-state index contributed by atoms with van der Waals surface area (Å²) in [5.74, 6) is -0.837. The molecular formula is C18H24N4O5S. The van der Waals surface area contributed by atoms with Crippen LogP contribution in [0.1, 0.15) is 12.0 Å². The molecule has 2 aliphatic rings. The predicted octanol–water partition coefficient (Wildman–Crippen LogP) is 0.437. The third-order valence-electron chi connectivity index (χ3n) is 5.18. The molecule has 10 heteroatoms. The van der Waals surface area contributed by atoms with Crippen molar-refractivity contribution in [2.45, 2.75) is 30.4 Å². The van der Waals surface area contributed by atoms with E-state index >= 15 is 0 Å². The number of likely N-dealkylation sites (tertiary alicyclic amines) is 1. The molecule has 1 unspecified atom stereocenters. The van der Waals surface area contributed by atoms with Crippen molar-refractivity contribution in [3.05, 3.63) is 46.0 Å². The molecule has 0 bridgehead atoms. The Bertz CT molecular complexity index is 734. The molecular weight excluding hydrogens is 384 g/mol. The largest absolute Gasteiger partial charge is 0.459 e. The Morgan fingerprint density at radius 3 is 2.54 bits per heavy atom. The molecule has 2 aliphatic heterocycles. The number of amides is 1. The van der Waals surface area contributed by atoms with Crippen molar-refractivity contribution in [1.82, 2.24) is 14.8 Å². The van der Waals surface area contributed by atoms with E-state index in [9.17, 15) is 19.7 Å². The second-order valence-corrected chi connectivity index (χ2v) is 7.87. The maximum atomic E-state index is 13.1. The van der Waals surface area contributed by atoms with Crippen LogP contribution in [0.4, 0.5) is 0 Å². The Hall–Kier alpha value is -2.33. The smallest absolute Gasteiger partial charge is 0.331 e. The van der Waals surface area contributed by atoms with E-state index in [1.807, 2.05) is 42.3 Å². The lowest BCUT2D eigenvalue weighted by Gasteiger charge is -2.38. The molecule has 28 heavy (non-hydrogen) atoms. The van der Waals surface area contributed by atoms with Crippen LogP contribution in [0, 0.1) is 10.1 Å². The molecule has 2 heterocycles. The number of likely N-dealkylation sites (N-methyl/N-ethyl adjacent to an activating group) is 1. The number of benzene rings is 1. The van der Waals surface area contributed by atoms with Gasteiger partial charge < -0.3 is 9.64 Å². The van der Waals surface area contributed by atoms with E-state index in [1.165, 1.54) is 4.90 Å². The fourth-order valence-corrected chi connectivity index (χ4v) is 4.12. The average molecular weight is 408 g/mol. The molecule has 1 amide bonds. The van der Waals surface area contributed by atoms with Gasteiger partial charge in [-0.3, -0.25) is 9.69 Å². The lowest BCUT2D eigenvalue weighted by molar-refractivity contribution is -0.658. The summed E-state index contributed by atoms with van der Waals surface area (Å²) < 4.78 is 5.38. The lowest BCUT2D eigenvalue weighted by Crippen LogP contribution is -2.62. The molecule has 2 fully saturated rings. The summed E-state index contributed by atoms with van der Waals surface area (Å²) >= 11 is 4.45. The van der Waals surface area contributed by atoms with Gasteiger partial charge in [-0.25, -0.2) is 14.9 Å². The van der Waals surface area contributed by atoms with E-state index in [1.54, 1.807) is 0 Å². The van der Waals surface area contributed by atoms with Gasteiger partial charge in [0.2, 0.25) is 5.91 Å². The molecule has 0 spiro atoms. The zero-order chi connectivity index (χ0) is 20.3. The number of carbonyl (C=O) groups is 2. The van der Waals surface area contributed by atoms with Crippen LogP contribution in [0.5, 0.6) is 0 Å². The van der Waals surface area contributed by atoms with Crippen LogP contribution in [0.3, 0.4) is 0 Å². The molecule has 1 aromatic rings. The molecule has 0 aromatic heterocycles. The Labute approximate surface area is 168 Å². The highest BCUT2D eigenvalue weighted by molar-refractivity contribution is 7.81. The quantitative estimate of drug-likeness (QED) is 0.327. The van der Waals surface area contributed by atoms with E-state index < -0.39 is 17.0 Å². The molecule has 0 saturated carbocycles. The molecule has 3 rings (SSSR count). The van der Waals surface area contributed by atoms with Gasteiger partial charge >= 0.3 is 5.97 Å². The summed E-state index contributed by atoms with van der Waals surface area (Å²) in [6.07, 6.45) is 0.583. The van der Waals surface area contributed by atoms with Crippen molar-refractivity contribution in [3.8, 4) is 0 Å². The van der Waals surface area contributed by atoms with Crippen molar-refractivity contribution in [3.63, 3.8) is 0 Å². The number of hydrogen-bond acceptors (Lipinski definition) is 7. The van der Waals surface area contributed by atoms with E-state index in [4.69, 9.17) is 4.74 Å². The Kier molecular flexibility index (Phi) is 6.40. The van der Waals surface area contributed by atoms with Crippen molar-refractivity contribution in [1.29, 1.82) is 0 Å². The molecule has 0 radical (unpaired) electrons. The zero-order valence-electron chi connectivity index (χ0n) is 15.6. The van der Waals surface area contributed by atoms with Gasteiger partial charge in [-0.15, -0.1) is 5.01 Å². The molecule has 0 N–H and O–H groups in total. The number of hydrogen-bond donors (Lipinski definition) is 1. The predicted molar refractivity (Wildman–Crippen MR) is 104 cm³/mol. The van der Waals surface area contributed by atoms with Crippen molar-refractivity contribution in [2.24, 2.45) is 0 Å². The van der Waals surface area contributed by atoms with E-state index in [2.05, 4.69) is 12.6 Å².